The Bertz CT molecular complexity index is 1510. The lowest BCUT2D eigenvalue weighted by Crippen LogP contribution is -2.49. The average molecular weight is 795 g/mol. The van der Waals surface area contributed by atoms with E-state index in [1.165, 1.54) is 12.3 Å². The van der Waals surface area contributed by atoms with Gasteiger partial charge < -0.3 is 19.5 Å². The number of rotatable bonds is 14. The lowest BCUT2D eigenvalue weighted by atomic mass is 10.0. The van der Waals surface area contributed by atoms with Crippen LogP contribution in [0.4, 0.5) is 0 Å². The first kappa shape index (κ1) is 36.0. The lowest BCUT2D eigenvalue weighted by Gasteiger charge is -2.22. The number of nitrogens with zero attached hydrogens (tertiary/aromatic N) is 1. The summed E-state index contributed by atoms with van der Waals surface area (Å²) in [6.45, 7) is 7.96. The van der Waals surface area contributed by atoms with Crippen LogP contribution in [0.2, 0.25) is 20.1 Å². The van der Waals surface area contributed by atoms with Gasteiger partial charge in [-0.15, -0.1) is 0 Å². The van der Waals surface area contributed by atoms with E-state index < -0.39 is 24.0 Å². The number of amides is 2. The highest BCUT2D eigenvalue weighted by Gasteiger charge is 2.25. The molecular weight excluding hydrogens is 763 g/mol. The maximum atomic E-state index is 13.1. The molecule has 0 bridgehead atoms. The minimum atomic E-state index is -0.921. The molecular formula is C31H32Cl4IN3O5. The molecule has 44 heavy (non-hydrogen) atoms. The van der Waals surface area contributed by atoms with Crippen molar-refractivity contribution in [2.45, 2.75) is 52.9 Å². The summed E-state index contributed by atoms with van der Waals surface area (Å²) >= 11 is 26.5. The van der Waals surface area contributed by atoms with Crippen molar-refractivity contribution in [1.29, 1.82) is 0 Å². The predicted molar refractivity (Wildman–Crippen MR) is 185 cm³/mol. The van der Waals surface area contributed by atoms with E-state index in [9.17, 15) is 9.59 Å². The Hall–Kier alpha value is -2.44. The van der Waals surface area contributed by atoms with Crippen molar-refractivity contribution >= 4 is 87.0 Å². The molecule has 0 saturated carbocycles. The third kappa shape index (κ3) is 10.9. The van der Waals surface area contributed by atoms with Crippen LogP contribution in [0.5, 0.6) is 17.2 Å². The van der Waals surface area contributed by atoms with Crippen molar-refractivity contribution in [3.8, 4) is 17.2 Å². The average Bonchev–Trinajstić information content (AvgIpc) is 2.94. The largest absolute Gasteiger partial charge is 0.490 e. The van der Waals surface area contributed by atoms with Crippen LogP contribution in [0.3, 0.4) is 0 Å². The number of halogens is 5. The zero-order valence-corrected chi connectivity index (χ0v) is 29.6. The van der Waals surface area contributed by atoms with Gasteiger partial charge in [0.2, 0.25) is 0 Å². The summed E-state index contributed by atoms with van der Waals surface area (Å²) < 4.78 is 18.3. The molecule has 0 spiro atoms. The van der Waals surface area contributed by atoms with Gasteiger partial charge in [-0.2, -0.15) is 5.10 Å². The molecule has 0 radical (unpaired) electrons. The van der Waals surface area contributed by atoms with E-state index >= 15 is 0 Å². The van der Waals surface area contributed by atoms with Crippen molar-refractivity contribution in [2.75, 3.05) is 6.61 Å². The molecule has 2 N–H and O–H groups in total. The standard InChI is InChI=1S/C31H32Cl4IN3O5/c1-5-42-28-12-19(11-25(36)29(28)43-16-20-6-7-21(32)13-23(20)34)15-37-39-31(41)26(10-17(2)3)38-30(40)18(4)44-27-9-8-22(33)14-24(27)35/h6-9,11-15,17-18,26H,5,10,16H2,1-4H3,(H,38,40)(H,39,41)/b37-15-/t18-,26-/m0/s1. The van der Waals surface area contributed by atoms with Crippen molar-refractivity contribution in [3.05, 3.63) is 83.3 Å². The van der Waals surface area contributed by atoms with Gasteiger partial charge in [0.25, 0.3) is 11.8 Å². The molecule has 3 aromatic rings. The molecule has 3 aromatic carbocycles. The van der Waals surface area contributed by atoms with E-state index in [2.05, 4.69) is 38.4 Å². The third-order valence-corrected chi connectivity index (χ3v) is 7.93. The van der Waals surface area contributed by atoms with E-state index in [0.29, 0.717) is 50.9 Å². The van der Waals surface area contributed by atoms with Crippen LogP contribution in [0.25, 0.3) is 0 Å². The van der Waals surface area contributed by atoms with Crippen LogP contribution in [0, 0.1) is 9.49 Å². The fraction of sp³-hybridized carbons (Fsp3) is 0.323. The number of carbonyl (C=O) groups is 2. The second-order valence-corrected chi connectivity index (χ2v) is 12.9. The molecule has 8 nitrogen and oxygen atoms in total. The number of hydrogen-bond acceptors (Lipinski definition) is 6. The second kappa shape index (κ2) is 17.3. The Balaban J connectivity index is 1.67. The fourth-order valence-electron chi connectivity index (χ4n) is 3.91. The normalized spacial score (nSPS) is 12.6. The molecule has 0 unspecified atom stereocenters. The van der Waals surface area contributed by atoms with Gasteiger partial charge in [-0.1, -0.05) is 66.3 Å². The van der Waals surface area contributed by atoms with Crippen molar-refractivity contribution < 1.29 is 23.8 Å². The van der Waals surface area contributed by atoms with Crippen LogP contribution in [0.15, 0.2) is 53.6 Å². The fourth-order valence-corrected chi connectivity index (χ4v) is 5.61. The molecule has 0 saturated heterocycles. The summed E-state index contributed by atoms with van der Waals surface area (Å²) in [5.74, 6) is 0.529. The highest BCUT2D eigenvalue weighted by molar-refractivity contribution is 14.1. The molecule has 2 amide bonds. The molecule has 236 valence electrons. The van der Waals surface area contributed by atoms with Crippen molar-refractivity contribution in [2.24, 2.45) is 11.0 Å². The summed E-state index contributed by atoms with van der Waals surface area (Å²) in [5, 5.41) is 8.64. The Morgan fingerprint density at radius 2 is 1.59 bits per heavy atom. The SMILES string of the molecule is CCOc1cc(/C=N\NC(=O)[C@H](CC(C)C)NC(=O)[C@H](C)Oc2ccc(Cl)cc2Cl)cc(I)c1OCc1ccc(Cl)cc1Cl. The Kier molecular flexibility index (Phi) is 14.2. The molecule has 0 aliphatic heterocycles. The quantitative estimate of drug-likeness (QED) is 0.0973. The lowest BCUT2D eigenvalue weighted by molar-refractivity contribution is -0.132. The zero-order valence-electron chi connectivity index (χ0n) is 24.4. The number of hydrogen-bond donors (Lipinski definition) is 2. The Labute approximate surface area is 290 Å². The highest BCUT2D eigenvalue weighted by Crippen LogP contribution is 2.35. The highest BCUT2D eigenvalue weighted by atomic mass is 127. The van der Waals surface area contributed by atoms with Crippen LogP contribution >= 0.6 is 69.0 Å². The molecule has 0 aliphatic rings. The summed E-state index contributed by atoms with van der Waals surface area (Å²) in [7, 11) is 0. The minimum Gasteiger partial charge on any atom is -0.490 e. The van der Waals surface area contributed by atoms with Crippen LogP contribution < -0.4 is 25.0 Å². The Morgan fingerprint density at radius 1 is 0.909 bits per heavy atom. The van der Waals surface area contributed by atoms with Gasteiger partial charge in [0.05, 0.1) is 21.4 Å². The predicted octanol–water partition coefficient (Wildman–Crippen LogP) is 8.33. The van der Waals surface area contributed by atoms with Crippen molar-refractivity contribution in [1.82, 2.24) is 10.7 Å². The Morgan fingerprint density at radius 3 is 2.23 bits per heavy atom. The van der Waals surface area contributed by atoms with E-state index in [1.807, 2.05) is 26.8 Å². The molecule has 0 aromatic heterocycles. The minimum absolute atomic E-state index is 0.114. The van der Waals surface area contributed by atoms with Gasteiger partial charge in [-0.25, -0.2) is 5.43 Å². The van der Waals surface area contributed by atoms with Gasteiger partial charge in [0.1, 0.15) is 18.4 Å². The van der Waals surface area contributed by atoms with Crippen LogP contribution in [0.1, 0.15) is 45.2 Å². The topological polar surface area (TPSA) is 98.2 Å². The maximum absolute atomic E-state index is 13.1. The number of benzene rings is 3. The van der Waals surface area contributed by atoms with Crippen molar-refractivity contribution in [3.63, 3.8) is 0 Å². The zero-order chi connectivity index (χ0) is 32.4. The molecule has 13 heteroatoms. The first-order valence-electron chi connectivity index (χ1n) is 13.7. The van der Waals surface area contributed by atoms with E-state index in [1.54, 1.807) is 43.3 Å². The molecule has 3 rings (SSSR count). The summed E-state index contributed by atoms with van der Waals surface area (Å²) in [6.07, 6.45) is 0.956. The molecule has 0 aliphatic carbocycles. The molecule has 0 fully saturated rings. The van der Waals surface area contributed by atoms with Gasteiger partial charge in [0.15, 0.2) is 17.6 Å². The summed E-state index contributed by atoms with van der Waals surface area (Å²) in [5.41, 5.74) is 3.97. The van der Waals surface area contributed by atoms with Gasteiger partial charge in [-0.3, -0.25) is 9.59 Å². The summed E-state index contributed by atoms with van der Waals surface area (Å²) in [4.78, 5) is 26.0. The van der Waals surface area contributed by atoms with Crippen LogP contribution in [-0.2, 0) is 16.2 Å². The number of ether oxygens (including phenoxy) is 3. The van der Waals surface area contributed by atoms with Crippen LogP contribution in [-0.4, -0.2) is 36.8 Å². The van der Waals surface area contributed by atoms with Gasteiger partial charge in [0, 0.05) is 20.6 Å². The monoisotopic (exact) mass is 793 g/mol. The smallest absolute Gasteiger partial charge is 0.262 e. The number of nitrogens with one attached hydrogen (secondary N) is 2. The molecule has 2 atom stereocenters. The van der Waals surface area contributed by atoms with E-state index in [4.69, 9.17) is 60.6 Å². The van der Waals surface area contributed by atoms with E-state index in [-0.39, 0.29) is 17.5 Å². The first-order valence-corrected chi connectivity index (χ1v) is 16.2. The van der Waals surface area contributed by atoms with E-state index in [0.717, 1.165) is 9.13 Å². The van der Waals surface area contributed by atoms with Gasteiger partial charge in [-0.05, 0) is 96.8 Å². The third-order valence-electron chi connectivity index (χ3n) is 6.01. The number of hydrazone groups is 1. The second-order valence-electron chi connectivity index (χ2n) is 10.0. The first-order chi connectivity index (χ1) is 20.9. The molecule has 0 heterocycles. The summed E-state index contributed by atoms with van der Waals surface area (Å²) in [6, 6.07) is 12.7. The number of carbonyl (C=O) groups excluding carboxylic acids is 2. The maximum Gasteiger partial charge on any atom is 0.262 e. The van der Waals surface area contributed by atoms with Gasteiger partial charge >= 0.3 is 0 Å².